The first kappa shape index (κ1) is 18.4. The first-order chi connectivity index (χ1) is 11.6. The molecule has 0 spiro atoms. The summed E-state index contributed by atoms with van der Waals surface area (Å²) in [6, 6.07) is 3.75. The van der Waals surface area contributed by atoms with E-state index >= 15 is 0 Å². The van der Waals surface area contributed by atoms with Crippen LogP contribution < -0.4 is 10.6 Å². The van der Waals surface area contributed by atoms with Gasteiger partial charge < -0.3 is 15.4 Å². The number of nitrogens with one attached hydrogen (secondary N) is 2. The predicted octanol–water partition coefficient (Wildman–Crippen LogP) is 3.32. The van der Waals surface area contributed by atoms with E-state index in [-0.39, 0.29) is 6.04 Å². The summed E-state index contributed by atoms with van der Waals surface area (Å²) >= 11 is 0. The van der Waals surface area contributed by atoms with Crippen LogP contribution in [-0.2, 0) is 4.74 Å². The molecule has 6 heteroatoms. The lowest BCUT2D eigenvalue weighted by molar-refractivity contribution is 0.153. The smallest absolute Gasteiger partial charge is 0.191 e. The zero-order valence-corrected chi connectivity index (χ0v) is 14.2. The fourth-order valence-electron chi connectivity index (χ4n) is 2.49. The third kappa shape index (κ3) is 5.60. The zero-order chi connectivity index (χ0) is 17.4. The Hall–Kier alpha value is -1.95. The number of ether oxygens (including phenoxy) is 1. The number of benzene rings is 1. The lowest BCUT2D eigenvalue weighted by Gasteiger charge is -2.19. The molecule has 0 amide bonds. The van der Waals surface area contributed by atoms with Gasteiger partial charge in [-0.1, -0.05) is 17.7 Å². The van der Waals surface area contributed by atoms with Crippen molar-refractivity contribution in [1.29, 1.82) is 0 Å². The van der Waals surface area contributed by atoms with E-state index in [1.807, 2.05) is 13.8 Å². The van der Waals surface area contributed by atoms with Crippen LogP contribution in [0.3, 0.4) is 0 Å². The third-order valence-electron chi connectivity index (χ3n) is 3.90. The lowest BCUT2D eigenvalue weighted by atomic mass is 10.1. The highest BCUT2D eigenvalue weighted by Crippen LogP contribution is 2.16. The summed E-state index contributed by atoms with van der Waals surface area (Å²) in [6.45, 7) is 6.74. The summed E-state index contributed by atoms with van der Waals surface area (Å²) in [5, 5.41) is 6.40. The van der Waals surface area contributed by atoms with Crippen molar-refractivity contribution in [2.24, 2.45) is 4.99 Å². The maximum atomic E-state index is 13.4. The van der Waals surface area contributed by atoms with Gasteiger partial charge in [0.1, 0.15) is 0 Å². The van der Waals surface area contributed by atoms with Crippen LogP contribution in [0.1, 0.15) is 38.3 Å². The molecule has 1 aliphatic heterocycles. The molecule has 0 radical (unpaired) electrons. The van der Waals surface area contributed by atoms with E-state index in [4.69, 9.17) is 4.74 Å². The fraction of sp³-hybridized carbons (Fsp3) is 0.500. The maximum absolute atomic E-state index is 13.4. The summed E-state index contributed by atoms with van der Waals surface area (Å²) in [4.78, 5) is 4.56. The van der Waals surface area contributed by atoms with Gasteiger partial charge in [0.2, 0.25) is 0 Å². The normalized spacial score (nSPS) is 16.5. The number of nitrogens with zero attached hydrogens (tertiary/aromatic N) is 1. The second-order valence-electron chi connectivity index (χ2n) is 5.74. The minimum atomic E-state index is -0.838. The standard InChI is InChI=1S/C18H25F2N3O/c1-3-21-18(22-9-6-14-7-10-24-11-8-14)23-13(2)15-4-5-16(19)17(20)12-15/h4-5,7,12-13H,3,6,8-11H2,1-2H3,(H2,21,22,23). The van der Waals surface area contributed by atoms with Gasteiger partial charge in [-0.2, -0.15) is 0 Å². The van der Waals surface area contributed by atoms with E-state index in [1.54, 1.807) is 6.07 Å². The highest BCUT2D eigenvalue weighted by molar-refractivity contribution is 5.80. The lowest BCUT2D eigenvalue weighted by Crippen LogP contribution is -2.38. The zero-order valence-electron chi connectivity index (χ0n) is 14.2. The van der Waals surface area contributed by atoms with Gasteiger partial charge in [0, 0.05) is 13.1 Å². The largest absolute Gasteiger partial charge is 0.377 e. The summed E-state index contributed by atoms with van der Waals surface area (Å²) < 4.78 is 31.7. The molecule has 0 saturated carbocycles. The van der Waals surface area contributed by atoms with Gasteiger partial charge in [0.15, 0.2) is 17.6 Å². The summed E-state index contributed by atoms with van der Waals surface area (Å²) in [5.41, 5.74) is 2.04. The van der Waals surface area contributed by atoms with Crippen LogP contribution in [0.2, 0.25) is 0 Å². The Morgan fingerprint density at radius 3 is 2.83 bits per heavy atom. The van der Waals surface area contributed by atoms with E-state index in [0.29, 0.717) is 24.7 Å². The molecule has 4 nitrogen and oxygen atoms in total. The van der Waals surface area contributed by atoms with Crippen molar-refractivity contribution in [3.05, 3.63) is 47.0 Å². The van der Waals surface area contributed by atoms with Crippen LogP contribution >= 0.6 is 0 Å². The predicted molar refractivity (Wildman–Crippen MR) is 92.0 cm³/mol. The first-order valence-electron chi connectivity index (χ1n) is 8.35. The molecule has 0 aromatic heterocycles. The molecule has 24 heavy (non-hydrogen) atoms. The van der Waals surface area contributed by atoms with Crippen LogP contribution in [0.15, 0.2) is 34.8 Å². The molecule has 132 valence electrons. The molecule has 2 rings (SSSR count). The van der Waals surface area contributed by atoms with E-state index in [1.165, 1.54) is 11.6 Å². The van der Waals surface area contributed by atoms with Gasteiger partial charge in [-0.25, -0.2) is 8.78 Å². The summed E-state index contributed by atoms with van der Waals surface area (Å²) in [7, 11) is 0. The number of hydrogen-bond donors (Lipinski definition) is 2. The van der Waals surface area contributed by atoms with Crippen LogP contribution in [0.4, 0.5) is 8.78 Å². The van der Waals surface area contributed by atoms with Crippen molar-refractivity contribution < 1.29 is 13.5 Å². The van der Waals surface area contributed by atoms with Gasteiger partial charge >= 0.3 is 0 Å². The quantitative estimate of drug-likeness (QED) is 0.475. The highest BCUT2D eigenvalue weighted by Gasteiger charge is 2.11. The molecule has 0 bridgehead atoms. The molecule has 1 aliphatic rings. The molecule has 1 heterocycles. The molecule has 0 aliphatic carbocycles. The first-order valence-corrected chi connectivity index (χ1v) is 8.35. The van der Waals surface area contributed by atoms with Crippen LogP contribution in [0, 0.1) is 11.6 Å². The SMILES string of the molecule is CCNC(=NCCC1=CCOCC1)NC(C)c1ccc(F)c(F)c1. The van der Waals surface area contributed by atoms with E-state index < -0.39 is 11.6 Å². The third-order valence-corrected chi connectivity index (χ3v) is 3.90. The topological polar surface area (TPSA) is 45.7 Å². The average molecular weight is 337 g/mol. The van der Waals surface area contributed by atoms with Crippen molar-refractivity contribution in [2.45, 2.75) is 32.7 Å². The van der Waals surface area contributed by atoms with Crippen LogP contribution in [-0.4, -0.2) is 32.3 Å². The maximum Gasteiger partial charge on any atom is 0.191 e. The minimum absolute atomic E-state index is 0.180. The number of aliphatic imine (C=N–C) groups is 1. The Morgan fingerprint density at radius 2 is 2.17 bits per heavy atom. The number of hydrogen-bond acceptors (Lipinski definition) is 2. The number of guanidine groups is 1. The highest BCUT2D eigenvalue weighted by atomic mass is 19.2. The molecule has 0 saturated heterocycles. The molecule has 1 aromatic carbocycles. The van der Waals surface area contributed by atoms with Crippen molar-refractivity contribution in [3.8, 4) is 0 Å². The Kier molecular flexibility index (Phi) is 7.18. The molecular formula is C18H25F2N3O. The molecule has 0 fully saturated rings. The Morgan fingerprint density at radius 1 is 1.33 bits per heavy atom. The van der Waals surface area contributed by atoms with Gasteiger partial charge in [-0.05, 0) is 44.4 Å². The van der Waals surface area contributed by atoms with Crippen LogP contribution in [0.5, 0.6) is 0 Å². The second kappa shape index (κ2) is 9.37. The van der Waals surface area contributed by atoms with Gasteiger partial charge in [-0.3, -0.25) is 4.99 Å². The van der Waals surface area contributed by atoms with Crippen molar-refractivity contribution >= 4 is 5.96 Å². The molecule has 1 unspecified atom stereocenters. The fourth-order valence-corrected chi connectivity index (χ4v) is 2.49. The Labute approximate surface area is 142 Å². The van der Waals surface area contributed by atoms with Crippen molar-refractivity contribution in [3.63, 3.8) is 0 Å². The van der Waals surface area contributed by atoms with E-state index in [9.17, 15) is 8.78 Å². The summed E-state index contributed by atoms with van der Waals surface area (Å²) in [6.07, 6.45) is 3.98. The molecule has 1 atom stereocenters. The minimum Gasteiger partial charge on any atom is -0.377 e. The van der Waals surface area contributed by atoms with Crippen molar-refractivity contribution in [2.75, 3.05) is 26.3 Å². The van der Waals surface area contributed by atoms with Gasteiger partial charge in [0.05, 0.1) is 19.3 Å². The van der Waals surface area contributed by atoms with Gasteiger partial charge in [-0.15, -0.1) is 0 Å². The van der Waals surface area contributed by atoms with Crippen molar-refractivity contribution in [1.82, 2.24) is 10.6 Å². The average Bonchev–Trinajstić information content (AvgIpc) is 2.58. The van der Waals surface area contributed by atoms with Crippen LogP contribution in [0.25, 0.3) is 0 Å². The molecular weight excluding hydrogens is 312 g/mol. The number of halogens is 2. The van der Waals surface area contributed by atoms with Gasteiger partial charge in [0.25, 0.3) is 0 Å². The van der Waals surface area contributed by atoms with E-state index in [2.05, 4.69) is 21.7 Å². The number of rotatable bonds is 6. The Bertz CT molecular complexity index is 602. The van der Waals surface area contributed by atoms with E-state index in [0.717, 1.165) is 32.1 Å². The monoisotopic (exact) mass is 337 g/mol. The molecule has 2 N–H and O–H groups in total. The second-order valence-corrected chi connectivity index (χ2v) is 5.74. The summed E-state index contributed by atoms with van der Waals surface area (Å²) in [5.74, 6) is -1.01. The molecule has 1 aromatic rings. The Balaban J connectivity index is 1.94.